The zero-order valence-electron chi connectivity index (χ0n) is 17.5. The Morgan fingerprint density at radius 3 is 2.91 bits per heavy atom. The van der Waals surface area contributed by atoms with Gasteiger partial charge >= 0.3 is 7.82 Å². The molecule has 3 aromatic rings. The number of rotatable bonds is 10. The topological polar surface area (TPSA) is 162 Å². The van der Waals surface area contributed by atoms with Gasteiger partial charge in [0.2, 0.25) is 5.88 Å². The molecule has 0 bridgehead atoms. The van der Waals surface area contributed by atoms with E-state index in [-0.39, 0.29) is 6.73 Å². The van der Waals surface area contributed by atoms with E-state index in [2.05, 4.69) is 19.8 Å². The smallest absolute Gasteiger partial charge is 0.471 e. The van der Waals surface area contributed by atoms with Crippen molar-refractivity contribution < 1.29 is 28.1 Å². The van der Waals surface area contributed by atoms with Crippen LogP contribution in [0.4, 0.5) is 0 Å². The average molecular weight is 474 g/mol. The molecule has 0 radical (unpaired) electrons. The molecule has 0 aromatic carbocycles. The molecule has 0 fully saturated rings. The molecule has 0 amide bonds. The summed E-state index contributed by atoms with van der Waals surface area (Å²) >= 11 is 0. The largest absolute Gasteiger partial charge is 0.476 e. The van der Waals surface area contributed by atoms with Gasteiger partial charge in [-0.2, -0.15) is 5.10 Å². The number of hydrogen-bond acceptors (Lipinski definition) is 9. The Hall–Kier alpha value is -3.28. The zero-order chi connectivity index (χ0) is 23.3. The van der Waals surface area contributed by atoms with Crippen molar-refractivity contribution in [2.24, 2.45) is 5.73 Å². The van der Waals surface area contributed by atoms with Crippen molar-refractivity contribution in [2.75, 3.05) is 13.3 Å². The van der Waals surface area contributed by atoms with E-state index >= 15 is 0 Å². The van der Waals surface area contributed by atoms with Gasteiger partial charge in [-0.15, -0.1) is 0 Å². The van der Waals surface area contributed by atoms with E-state index < -0.39 is 14.0 Å². The fourth-order valence-electron chi connectivity index (χ4n) is 3.14. The molecule has 1 atom stereocenters. The lowest BCUT2D eigenvalue weighted by molar-refractivity contribution is 0.110. The van der Waals surface area contributed by atoms with Crippen molar-refractivity contribution in [3.8, 4) is 5.88 Å². The van der Waals surface area contributed by atoms with Gasteiger partial charge < -0.3 is 29.7 Å². The number of ether oxygens (including phenoxy) is 1. The number of aromatic nitrogens is 4. The lowest BCUT2D eigenvalue weighted by Crippen LogP contribution is -2.41. The van der Waals surface area contributed by atoms with Crippen LogP contribution in [0.2, 0.25) is 0 Å². The first-order valence-electron chi connectivity index (χ1n) is 9.98. The molecule has 12 nitrogen and oxygen atoms in total. The molecule has 4 N–H and O–H groups in total. The Bertz CT molecular complexity index is 1150. The average Bonchev–Trinajstić information content (AvgIpc) is 3.46. The lowest BCUT2D eigenvalue weighted by atomic mass is 10.1. The van der Waals surface area contributed by atoms with Crippen LogP contribution < -0.4 is 10.5 Å². The molecule has 3 aromatic heterocycles. The third-order valence-corrected chi connectivity index (χ3v) is 5.21. The van der Waals surface area contributed by atoms with Crippen molar-refractivity contribution in [3.05, 3.63) is 78.2 Å². The lowest BCUT2D eigenvalue weighted by Gasteiger charge is -2.30. The summed E-state index contributed by atoms with van der Waals surface area (Å²) in [5, 5.41) is 8.21. The Morgan fingerprint density at radius 1 is 1.30 bits per heavy atom. The predicted octanol–water partition coefficient (Wildman–Crippen LogP) is 1.50. The Morgan fingerprint density at radius 2 is 2.18 bits per heavy atom. The summed E-state index contributed by atoms with van der Waals surface area (Å²) < 4.78 is 28.3. The van der Waals surface area contributed by atoms with Gasteiger partial charge in [-0.05, 0) is 17.7 Å². The molecule has 174 valence electrons. The Labute approximate surface area is 189 Å². The van der Waals surface area contributed by atoms with Gasteiger partial charge in [0, 0.05) is 48.9 Å². The second kappa shape index (κ2) is 10.1. The molecule has 4 heterocycles. The fourth-order valence-corrected chi connectivity index (χ4v) is 3.42. The van der Waals surface area contributed by atoms with Gasteiger partial charge in [0.25, 0.3) is 0 Å². The van der Waals surface area contributed by atoms with E-state index in [0.29, 0.717) is 42.5 Å². The van der Waals surface area contributed by atoms with Crippen LogP contribution in [0.5, 0.6) is 5.88 Å². The first-order valence-corrected chi connectivity index (χ1v) is 11.5. The van der Waals surface area contributed by atoms with Gasteiger partial charge in [0.05, 0.1) is 12.2 Å². The summed E-state index contributed by atoms with van der Waals surface area (Å²) in [6.07, 6.45) is 10.1. The maximum Gasteiger partial charge on any atom is 0.471 e. The van der Waals surface area contributed by atoms with Crippen LogP contribution in [0.1, 0.15) is 17.0 Å². The fraction of sp³-hybridized carbons (Fsp3) is 0.250. The van der Waals surface area contributed by atoms with E-state index in [0.717, 1.165) is 5.56 Å². The van der Waals surface area contributed by atoms with Crippen molar-refractivity contribution in [2.45, 2.75) is 19.1 Å². The molecular formula is C20H23N6O6P. The van der Waals surface area contributed by atoms with E-state index in [4.69, 9.17) is 24.8 Å². The maximum absolute atomic E-state index is 11.0. The number of phosphoric ester groups is 1. The SMILES string of the molecule is NC1C(c2cc(Cc3ccc(OCCn4cccn4)nc3)no2)=CC=CN1COP(=O)(O)O. The van der Waals surface area contributed by atoms with Gasteiger partial charge in [-0.1, -0.05) is 17.3 Å². The molecule has 0 spiro atoms. The highest BCUT2D eigenvalue weighted by molar-refractivity contribution is 7.46. The molecule has 13 heteroatoms. The van der Waals surface area contributed by atoms with Crippen molar-refractivity contribution in [1.29, 1.82) is 0 Å². The van der Waals surface area contributed by atoms with Gasteiger partial charge in [0.15, 0.2) is 5.76 Å². The van der Waals surface area contributed by atoms with Gasteiger partial charge in [-0.3, -0.25) is 9.21 Å². The number of nitrogens with two attached hydrogens (primary N) is 1. The maximum atomic E-state index is 11.0. The van der Waals surface area contributed by atoms with E-state index in [1.807, 2.05) is 18.3 Å². The highest BCUT2D eigenvalue weighted by atomic mass is 31.2. The number of pyridine rings is 1. The van der Waals surface area contributed by atoms with Crippen LogP contribution in [-0.4, -0.2) is 54.1 Å². The normalized spacial score (nSPS) is 16.2. The summed E-state index contributed by atoms with van der Waals surface area (Å²) in [6, 6.07) is 7.32. The van der Waals surface area contributed by atoms with Crippen LogP contribution in [0, 0.1) is 0 Å². The summed E-state index contributed by atoms with van der Waals surface area (Å²) in [5.74, 6) is 0.976. The van der Waals surface area contributed by atoms with E-state index in [1.54, 1.807) is 47.6 Å². The molecule has 33 heavy (non-hydrogen) atoms. The standard InChI is InChI=1S/C20H23N6O6P/c21-20-17(3-1-7-25(20)14-31-33(27,28)29)18-12-16(24-32-18)11-15-4-5-19(22-13-15)30-10-9-26-8-2-6-23-26/h1-8,12-13,20H,9-11,14,21H2,(H2,27,28,29). The first kappa shape index (κ1) is 22.9. The number of phosphoric acid groups is 1. The Kier molecular flexibility index (Phi) is 7.02. The summed E-state index contributed by atoms with van der Waals surface area (Å²) in [7, 11) is -4.61. The van der Waals surface area contributed by atoms with Gasteiger partial charge in [0.1, 0.15) is 19.5 Å². The van der Waals surface area contributed by atoms with Crippen molar-refractivity contribution in [3.63, 3.8) is 0 Å². The van der Waals surface area contributed by atoms with Crippen LogP contribution >= 0.6 is 7.82 Å². The van der Waals surface area contributed by atoms with E-state index in [9.17, 15) is 4.57 Å². The first-order chi connectivity index (χ1) is 15.9. The second-order valence-electron chi connectivity index (χ2n) is 7.15. The van der Waals surface area contributed by atoms with E-state index in [1.165, 1.54) is 4.90 Å². The molecule has 1 unspecified atom stereocenters. The highest BCUT2D eigenvalue weighted by Gasteiger charge is 2.25. The number of allylic oxidation sites excluding steroid dienone is 2. The van der Waals surface area contributed by atoms with Crippen LogP contribution in [0.3, 0.4) is 0 Å². The molecule has 0 aliphatic carbocycles. The zero-order valence-corrected chi connectivity index (χ0v) is 18.4. The summed E-state index contributed by atoms with van der Waals surface area (Å²) in [6.45, 7) is 0.719. The number of hydrogen-bond donors (Lipinski definition) is 3. The molecule has 0 saturated carbocycles. The minimum Gasteiger partial charge on any atom is -0.476 e. The minimum atomic E-state index is -4.61. The third kappa shape index (κ3) is 6.37. The molecule has 0 saturated heterocycles. The van der Waals surface area contributed by atoms with Crippen molar-refractivity contribution >= 4 is 13.4 Å². The Balaban J connectivity index is 1.32. The summed E-state index contributed by atoms with van der Waals surface area (Å²) in [5.41, 5.74) is 8.40. The van der Waals surface area contributed by atoms with Crippen LogP contribution in [0.25, 0.3) is 5.57 Å². The predicted molar refractivity (Wildman–Crippen MR) is 116 cm³/mol. The van der Waals surface area contributed by atoms with Crippen molar-refractivity contribution in [1.82, 2.24) is 24.8 Å². The molecular weight excluding hydrogens is 451 g/mol. The molecule has 1 aliphatic heterocycles. The number of nitrogens with zero attached hydrogens (tertiary/aromatic N) is 5. The monoisotopic (exact) mass is 474 g/mol. The van der Waals surface area contributed by atoms with Crippen LogP contribution in [0.15, 0.2) is 65.7 Å². The quantitative estimate of drug-likeness (QED) is 0.365. The summed E-state index contributed by atoms with van der Waals surface area (Å²) in [4.78, 5) is 23.5. The molecule has 4 rings (SSSR count). The highest BCUT2D eigenvalue weighted by Crippen LogP contribution is 2.36. The molecule has 1 aliphatic rings. The second-order valence-corrected chi connectivity index (χ2v) is 8.39. The third-order valence-electron chi connectivity index (χ3n) is 4.76. The van der Waals surface area contributed by atoms with Gasteiger partial charge in [-0.25, -0.2) is 9.55 Å². The van der Waals surface area contributed by atoms with Crippen LogP contribution in [-0.2, 0) is 22.1 Å². The minimum absolute atomic E-state index is 0.373.